The van der Waals surface area contributed by atoms with Gasteiger partial charge >= 0.3 is 0 Å². The predicted octanol–water partition coefficient (Wildman–Crippen LogP) is 4.95. The second-order valence-corrected chi connectivity index (χ2v) is 6.59. The van der Waals surface area contributed by atoms with Gasteiger partial charge in [-0.15, -0.1) is 10.2 Å². The zero-order valence-electron chi connectivity index (χ0n) is 14.4. The highest BCUT2D eigenvalue weighted by Crippen LogP contribution is 2.23. The third kappa shape index (κ3) is 4.67. The SMILES string of the molecule is CSc1nnc(C(F)F)n1/N=C\c1ccc(COc2ccc(Cl)c(C)c2)o1. The number of nitrogens with zero attached hydrogens (tertiary/aromatic N) is 4. The summed E-state index contributed by atoms with van der Waals surface area (Å²) in [6, 6.07) is 8.74. The van der Waals surface area contributed by atoms with Crippen molar-refractivity contribution in [2.75, 3.05) is 6.26 Å². The first-order valence-electron chi connectivity index (χ1n) is 7.77. The molecule has 1 aromatic carbocycles. The van der Waals surface area contributed by atoms with Gasteiger partial charge in [0.25, 0.3) is 6.43 Å². The predicted molar refractivity (Wildman–Crippen MR) is 99.0 cm³/mol. The fourth-order valence-electron chi connectivity index (χ4n) is 2.17. The molecule has 0 radical (unpaired) electrons. The number of thioether (sulfide) groups is 1. The van der Waals surface area contributed by atoms with E-state index in [-0.39, 0.29) is 11.8 Å². The van der Waals surface area contributed by atoms with Crippen LogP contribution in [-0.4, -0.2) is 27.3 Å². The van der Waals surface area contributed by atoms with Crippen LogP contribution in [0.3, 0.4) is 0 Å². The summed E-state index contributed by atoms with van der Waals surface area (Å²) in [5.41, 5.74) is 0.912. The number of ether oxygens (including phenoxy) is 1. The van der Waals surface area contributed by atoms with Crippen molar-refractivity contribution in [1.82, 2.24) is 14.9 Å². The lowest BCUT2D eigenvalue weighted by molar-refractivity contribution is 0.135. The van der Waals surface area contributed by atoms with Gasteiger partial charge in [0, 0.05) is 5.02 Å². The molecule has 0 atom stereocenters. The van der Waals surface area contributed by atoms with Gasteiger partial charge in [0.1, 0.15) is 23.9 Å². The van der Waals surface area contributed by atoms with Crippen LogP contribution in [0, 0.1) is 6.92 Å². The number of alkyl halides is 2. The molecule has 0 aliphatic carbocycles. The Morgan fingerprint density at radius 1 is 1.33 bits per heavy atom. The molecule has 0 fully saturated rings. The van der Waals surface area contributed by atoms with Crippen LogP contribution in [0.25, 0.3) is 0 Å². The summed E-state index contributed by atoms with van der Waals surface area (Å²) in [6.45, 7) is 2.10. The van der Waals surface area contributed by atoms with Crippen molar-refractivity contribution in [3.05, 3.63) is 58.3 Å². The first-order valence-corrected chi connectivity index (χ1v) is 9.37. The summed E-state index contributed by atoms with van der Waals surface area (Å²) in [4.78, 5) is 0. The van der Waals surface area contributed by atoms with E-state index in [1.165, 1.54) is 6.21 Å². The largest absolute Gasteiger partial charge is 0.486 e. The van der Waals surface area contributed by atoms with Gasteiger partial charge in [-0.2, -0.15) is 9.78 Å². The molecule has 0 saturated carbocycles. The Kier molecular flexibility index (Phi) is 6.12. The standard InChI is InChI=1S/C17H15ClF2N4O2S/c1-10-7-11(5-6-14(10)18)25-9-13-4-3-12(26-13)8-21-24-16(15(19)20)22-23-17(24)27-2/h3-8,15H,9H2,1-2H3/b21-8-. The monoisotopic (exact) mass is 412 g/mol. The molecule has 0 saturated heterocycles. The number of hydrogen-bond acceptors (Lipinski definition) is 6. The smallest absolute Gasteiger partial charge is 0.299 e. The van der Waals surface area contributed by atoms with E-state index in [4.69, 9.17) is 20.8 Å². The Morgan fingerprint density at radius 2 is 2.15 bits per heavy atom. The highest BCUT2D eigenvalue weighted by Gasteiger charge is 2.19. The number of benzene rings is 1. The van der Waals surface area contributed by atoms with Gasteiger partial charge in [0.2, 0.25) is 11.0 Å². The molecule has 2 heterocycles. The molecule has 0 spiro atoms. The van der Waals surface area contributed by atoms with Crippen molar-refractivity contribution >= 4 is 29.6 Å². The van der Waals surface area contributed by atoms with Gasteiger partial charge in [0.05, 0.1) is 6.21 Å². The van der Waals surface area contributed by atoms with Crippen molar-refractivity contribution in [2.24, 2.45) is 5.10 Å². The van der Waals surface area contributed by atoms with Crippen LogP contribution in [0.15, 0.2) is 45.0 Å². The first kappa shape index (κ1) is 19.4. The Balaban J connectivity index is 1.68. The highest BCUT2D eigenvalue weighted by molar-refractivity contribution is 7.98. The van der Waals surface area contributed by atoms with Gasteiger partial charge in [0.15, 0.2) is 0 Å². The van der Waals surface area contributed by atoms with E-state index in [9.17, 15) is 8.78 Å². The van der Waals surface area contributed by atoms with Gasteiger partial charge < -0.3 is 9.15 Å². The van der Waals surface area contributed by atoms with Crippen LogP contribution >= 0.6 is 23.4 Å². The van der Waals surface area contributed by atoms with Gasteiger partial charge in [-0.25, -0.2) is 8.78 Å². The molecule has 0 aliphatic rings. The van der Waals surface area contributed by atoms with Crippen LogP contribution in [-0.2, 0) is 6.61 Å². The molecule has 0 amide bonds. The lowest BCUT2D eigenvalue weighted by atomic mass is 10.2. The van der Waals surface area contributed by atoms with Crippen molar-refractivity contribution in [1.29, 1.82) is 0 Å². The second kappa shape index (κ2) is 8.53. The number of rotatable bonds is 7. The summed E-state index contributed by atoms with van der Waals surface area (Å²) in [6.07, 6.45) is 0.246. The van der Waals surface area contributed by atoms with E-state index in [0.717, 1.165) is 22.0 Å². The minimum absolute atomic E-state index is 0.208. The van der Waals surface area contributed by atoms with E-state index in [1.807, 2.05) is 13.0 Å². The van der Waals surface area contributed by atoms with Crippen molar-refractivity contribution < 1.29 is 17.9 Å². The molecule has 3 aromatic rings. The number of aromatic nitrogens is 3. The van der Waals surface area contributed by atoms with Crippen LogP contribution < -0.4 is 4.74 Å². The third-order valence-electron chi connectivity index (χ3n) is 3.51. The van der Waals surface area contributed by atoms with Gasteiger partial charge in [-0.05, 0) is 49.1 Å². The Hall–Kier alpha value is -2.39. The topological polar surface area (TPSA) is 65.4 Å². The average Bonchev–Trinajstić information content (AvgIpc) is 3.27. The summed E-state index contributed by atoms with van der Waals surface area (Å²) in [7, 11) is 0. The lowest BCUT2D eigenvalue weighted by Gasteiger charge is -2.06. The zero-order valence-corrected chi connectivity index (χ0v) is 16.0. The third-order valence-corrected chi connectivity index (χ3v) is 4.55. The van der Waals surface area contributed by atoms with Crippen LogP contribution in [0.1, 0.15) is 29.3 Å². The van der Waals surface area contributed by atoms with Crippen molar-refractivity contribution in [2.45, 2.75) is 25.1 Å². The summed E-state index contributed by atoms with van der Waals surface area (Å²) < 4.78 is 38.2. The second-order valence-electron chi connectivity index (χ2n) is 5.41. The van der Waals surface area contributed by atoms with Gasteiger partial charge in [-0.1, -0.05) is 23.4 Å². The van der Waals surface area contributed by atoms with E-state index in [2.05, 4.69) is 15.3 Å². The first-order chi connectivity index (χ1) is 13.0. The maximum atomic E-state index is 13.0. The molecule has 10 heteroatoms. The minimum Gasteiger partial charge on any atom is -0.486 e. The van der Waals surface area contributed by atoms with Gasteiger partial charge in [-0.3, -0.25) is 0 Å². The maximum Gasteiger partial charge on any atom is 0.299 e. The molecule has 27 heavy (non-hydrogen) atoms. The molecule has 3 rings (SSSR count). The quantitative estimate of drug-likeness (QED) is 0.405. The van der Waals surface area contributed by atoms with Crippen LogP contribution in [0.2, 0.25) is 5.02 Å². The molecule has 2 aromatic heterocycles. The molecular formula is C17H15ClF2N4O2S. The van der Waals surface area contributed by atoms with Crippen LogP contribution in [0.5, 0.6) is 5.75 Å². The number of hydrogen-bond donors (Lipinski definition) is 0. The fraction of sp³-hybridized carbons (Fsp3) is 0.235. The van der Waals surface area contributed by atoms with Crippen LogP contribution in [0.4, 0.5) is 8.78 Å². The molecule has 0 N–H and O–H groups in total. The minimum atomic E-state index is -2.78. The average molecular weight is 413 g/mol. The molecule has 0 aliphatic heterocycles. The Labute approximate surface area is 163 Å². The number of halogens is 3. The molecule has 0 bridgehead atoms. The summed E-state index contributed by atoms with van der Waals surface area (Å²) >= 11 is 7.15. The summed E-state index contributed by atoms with van der Waals surface area (Å²) in [5.74, 6) is 1.09. The molecule has 0 unspecified atom stereocenters. The van der Waals surface area contributed by atoms with E-state index in [0.29, 0.717) is 22.3 Å². The lowest BCUT2D eigenvalue weighted by Crippen LogP contribution is -2.00. The number of furan rings is 1. The normalized spacial score (nSPS) is 11.6. The Bertz CT molecular complexity index is 958. The number of aryl methyl sites for hydroxylation is 1. The van der Waals surface area contributed by atoms with E-state index >= 15 is 0 Å². The maximum absolute atomic E-state index is 13.0. The highest BCUT2D eigenvalue weighted by atomic mass is 35.5. The zero-order chi connectivity index (χ0) is 19.4. The molecular weight excluding hydrogens is 398 g/mol. The molecule has 142 valence electrons. The molecule has 6 nitrogen and oxygen atoms in total. The van der Waals surface area contributed by atoms with E-state index in [1.54, 1.807) is 30.5 Å². The van der Waals surface area contributed by atoms with E-state index < -0.39 is 12.2 Å². The fourth-order valence-corrected chi connectivity index (χ4v) is 2.72. The Morgan fingerprint density at radius 3 is 2.85 bits per heavy atom. The summed E-state index contributed by atoms with van der Waals surface area (Å²) in [5, 5.41) is 12.0. The van der Waals surface area contributed by atoms with Crippen molar-refractivity contribution in [3.63, 3.8) is 0 Å². The van der Waals surface area contributed by atoms with Crippen molar-refractivity contribution in [3.8, 4) is 5.75 Å².